The lowest BCUT2D eigenvalue weighted by Crippen LogP contribution is -2.42. The summed E-state index contributed by atoms with van der Waals surface area (Å²) >= 11 is 0. The first kappa shape index (κ1) is 18.7. The van der Waals surface area contributed by atoms with Gasteiger partial charge in [-0.2, -0.15) is 0 Å². The van der Waals surface area contributed by atoms with E-state index in [0.29, 0.717) is 18.5 Å². The number of rotatable bonds is 4. The van der Waals surface area contributed by atoms with Crippen molar-refractivity contribution in [1.29, 1.82) is 0 Å². The molecule has 6 heteroatoms. The van der Waals surface area contributed by atoms with Gasteiger partial charge >= 0.3 is 0 Å². The summed E-state index contributed by atoms with van der Waals surface area (Å²) in [5.41, 5.74) is 1.62. The SMILES string of the molecule is CC1(CNC(=O)c2cccc(N3CCCC3=O)c2)CCNCC1.Cl. The van der Waals surface area contributed by atoms with Crippen LogP contribution >= 0.6 is 12.4 Å². The van der Waals surface area contributed by atoms with Crippen LogP contribution in [0.1, 0.15) is 43.0 Å². The lowest BCUT2D eigenvalue weighted by Gasteiger charge is -2.34. The van der Waals surface area contributed by atoms with E-state index in [4.69, 9.17) is 0 Å². The van der Waals surface area contributed by atoms with E-state index < -0.39 is 0 Å². The zero-order valence-electron chi connectivity index (χ0n) is 14.1. The zero-order chi connectivity index (χ0) is 16.3. The van der Waals surface area contributed by atoms with E-state index in [-0.39, 0.29) is 29.6 Å². The summed E-state index contributed by atoms with van der Waals surface area (Å²) in [5, 5.41) is 6.42. The van der Waals surface area contributed by atoms with Gasteiger partial charge in [-0.1, -0.05) is 13.0 Å². The van der Waals surface area contributed by atoms with E-state index in [2.05, 4.69) is 17.6 Å². The fraction of sp³-hybridized carbons (Fsp3) is 0.556. The molecule has 3 rings (SSSR count). The molecule has 0 atom stereocenters. The van der Waals surface area contributed by atoms with Crippen LogP contribution < -0.4 is 15.5 Å². The van der Waals surface area contributed by atoms with Crippen molar-refractivity contribution in [1.82, 2.24) is 10.6 Å². The lowest BCUT2D eigenvalue weighted by atomic mass is 9.81. The Labute approximate surface area is 149 Å². The van der Waals surface area contributed by atoms with Crippen LogP contribution in [0.2, 0.25) is 0 Å². The van der Waals surface area contributed by atoms with Crippen molar-refractivity contribution < 1.29 is 9.59 Å². The zero-order valence-corrected chi connectivity index (χ0v) is 15.0. The molecule has 132 valence electrons. The van der Waals surface area contributed by atoms with Gasteiger partial charge < -0.3 is 15.5 Å². The quantitative estimate of drug-likeness (QED) is 0.875. The summed E-state index contributed by atoms with van der Waals surface area (Å²) in [6, 6.07) is 7.38. The van der Waals surface area contributed by atoms with Gasteiger partial charge in [0.1, 0.15) is 0 Å². The number of hydrogen-bond donors (Lipinski definition) is 2. The number of amides is 2. The molecule has 2 N–H and O–H groups in total. The van der Waals surface area contributed by atoms with Crippen molar-refractivity contribution in [2.75, 3.05) is 31.1 Å². The van der Waals surface area contributed by atoms with E-state index in [0.717, 1.165) is 44.6 Å². The van der Waals surface area contributed by atoms with Gasteiger partial charge in [-0.05, 0) is 56.0 Å². The van der Waals surface area contributed by atoms with Crippen LogP contribution in [0.4, 0.5) is 5.69 Å². The first-order valence-corrected chi connectivity index (χ1v) is 8.47. The maximum Gasteiger partial charge on any atom is 0.251 e. The molecule has 0 saturated carbocycles. The standard InChI is InChI=1S/C18H25N3O2.ClH/c1-18(7-9-19-10-8-18)13-20-17(23)14-4-2-5-15(12-14)21-11-3-6-16(21)22;/h2,4-5,12,19H,3,6-11,13H2,1H3,(H,20,23);1H. The average Bonchev–Trinajstić information content (AvgIpc) is 3.00. The first-order chi connectivity index (χ1) is 11.1. The molecule has 24 heavy (non-hydrogen) atoms. The molecule has 2 heterocycles. The van der Waals surface area contributed by atoms with Crippen LogP contribution in [0, 0.1) is 5.41 Å². The molecule has 0 spiro atoms. The van der Waals surface area contributed by atoms with Crippen molar-refractivity contribution in [3.63, 3.8) is 0 Å². The van der Waals surface area contributed by atoms with Gasteiger partial charge in [-0.15, -0.1) is 12.4 Å². The Morgan fingerprint density at radius 2 is 2.08 bits per heavy atom. The minimum absolute atomic E-state index is 0. The van der Waals surface area contributed by atoms with Crippen molar-refractivity contribution >= 4 is 29.9 Å². The molecular formula is C18H26ClN3O2. The number of hydrogen-bond acceptors (Lipinski definition) is 3. The Bertz CT molecular complexity index is 600. The largest absolute Gasteiger partial charge is 0.351 e. The monoisotopic (exact) mass is 351 g/mol. The second-order valence-corrected chi connectivity index (χ2v) is 6.94. The van der Waals surface area contributed by atoms with Crippen LogP contribution in [-0.2, 0) is 4.79 Å². The third-order valence-corrected chi connectivity index (χ3v) is 4.98. The highest BCUT2D eigenvalue weighted by molar-refractivity contribution is 5.99. The summed E-state index contributed by atoms with van der Waals surface area (Å²) in [6.07, 6.45) is 3.65. The Morgan fingerprint density at radius 3 is 2.75 bits per heavy atom. The van der Waals surface area contributed by atoms with Gasteiger partial charge in [0.15, 0.2) is 0 Å². The fourth-order valence-electron chi connectivity index (χ4n) is 3.34. The second kappa shape index (κ2) is 7.99. The van der Waals surface area contributed by atoms with E-state index in [9.17, 15) is 9.59 Å². The molecule has 0 aliphatic carbocycles. The van der Waals surface area contributed by atoms with Crippen LogP contribution in [0.5, 0.6) is 0 Å². The van der Waals surface area contributed by atoms with E-state index in [1.807, 2.05) is 24.3 Å². The summed E-state index contributed by atoms with van der Waals surface area (Å²) < 4.78 is 0. The van der Waals surface area contributed by atoms with Gasteiger partial charge in [0.25, 0.3) is 5.91 Å². The van der Waals surface area contributed by atoms with Crippen LogP contribution in [0.25, 0.3) is 0 Å². The maximum absolute atomic E-state index is 12.4. The van der Waals surface area contributed by atoms with E-state index >= 15 is 0 Å². The summed E-state index contributed by atoms with van der Waals surface area (Å²) in [7, 11) is 0. The van der Waals surface area contributed by atoms with Crippen LogP contribution in [0.3, 0.4) is 0 Å². The van der Waals surface area contributed by atoms with Crippen molar-refractivity contribution in [2.24, 2.45) is 5.41 Å². The molecule has 2 aliphatic heterocycles. The van der Waals surface area contributed by atoms with Gasteiger partial charge in [0.05, 0.1) is 0 Å². The second-order valence-electron chi connectivity index (χ2n) is 6.94. The predicted molar refractivity (Wildman–Crippen MR) is 97.8 cm³/mol. The average molecular weight is 352 g/mol. The Kier molecular flexibility index (Phi) is 6.24. The normalized spacial score (nSPS) is 19.7. The molecule has 2 amide bonds. The summed E-state index contributed by atoms with van der Waals surface area (Å²) in [5.74, 6) is 0.0861. The number of halogens is 1. The number of carbonyl (C=O) groups is 2. The molecule has 1 aromatic carbocycles. The molecule has 0 aromatic heterocycles. The number of benzene rings is 1. The number of nitrogens with zero attached hydrogens (tertiary/aromatic N) is 1. The van der Waals surface area contributed by atoms with Gasteiger partial charge in [0, 0.05) is 30.8 Å². The third kappa shape index (κ3) is 4.28. The van der Waals surface area contributed by atoms with E-state index in [1.165, 1.54) is 0 Å². The molecule has 5 nitrogen and oxygen atoms in total. The molecule has 2 aliphatic rings. The lowest BCUT2D eigenvalue weighted by molar-refractivity contribution is -0.117. The summed E-state index contributed by atoms with van der Waals surface area (Å²) in [4.78, 5) is 26.1. The Balaban J connectivity index is 0.00000208. The van der Waals surface area contributed by atoms with Crippen molar-refractivity contribution in [3.8, 4) is 0 Å². The topological polar surface area (TPSA) is 61.4 Å². The fourth-order valence-corrected chi connectivity index (χ4v) is 3.34. The minimum atomic E-state index is -0.0572. The summed E-state index contributed by atoms with van der Waals surface area (Å²) in [6.45, 7) is 5.70. The number of anilines is 1. The van der Waals surface area contributed by atoms with Gasteiger partial charge in [-0.25, -0.2) is 0 Å². The maximum atomic E-state index is 12.4. The highest BCUT2D eigenvalue weighted by Crippen LogP contribution is 2.27. The Morgan fingerprint density at radius 1 is 1.33 bits per heavy atom. The van der Waals surface area contributed by atoms with Gasteiger partial charge in [-0.3, -0.25) is 9.59 Å². The molecule has 0 radical (unpaired) electrons. The highest BCUT2D eigenvalue weighted by Gasteiger charge is 2.27. The van der Waals surface area contributed by atoms with Crippen LogP contribution in [0.15, 0.2) is 24.3 Å². The number of piperidine rings is 1. The molecule has 2 fully saturated rings. The number of carbonyl (C=O) groups excluding carboxylic acids is 2. The highest BCUT2D eigenvalue weighted by atomic mass is 35.5. The number of nitrogens with one attached hydrogen (secondary N) is 2. The van der Waals surface area contributed by atoms with E-state index in [1.54, 1.807) is 4.90 Å². The van der Waals surface area contributed by atoms with Crippen molar-refractivity contribution in [2.45, 2.75) is 32.6 Å². The molecular weight excluding hydrogens is 326 g/mol. The molecule has 2 saturated heterocycles. The molecule has 0 bridgehead atoms. The third-order valence-electron chi connectivity index (χ3n) is 4.98. The van der Waals surface area contributed by atoms with Crippen molar-refractivity contribution in [3.05, 3.63) is 29.8 Å². The van der Waals surface area contributed by atoms with Gasteiger partial charge in [0.2, 0.25) is 5.91 Å². The predicted octanol–water partition coefficient (Wildman–Crippen LogP) is 2.35. The Hall–Kier alpha value is -1.59. The van der Waals surface area contributed by atoms with Crippen LogP contribution in [-0.4, -0.2) is 38.0 Å². The molecule has 0 unspecified atom stereocenters. The first-order valence-electron chi connectivity index (χ1n) is 8.47. The smallest absolute Gasteiger partial charge is 0.251 e. The molecule has 1 aromatic rings. The minimum Gasteiger partial charge on any atom is -0.351 e.